The Hall–Kier alpha value is -3.06. The highest BCUT2D eigenvalue weighted by molar-refractivity contribution is 7.17. The predicted molar refractivity (Wildman–Crippen MR) is 105 cm³/mol. The monoisotopic (exact) mass is 395 g/mol. The molecule has 28 heavy (non-hydrogen) atoms. The predicted octanol–water partition coefficient (Wildman–Crippen LogP) is 3.57. The lowest BCUT2D eigenvalue weighted by atomic mass is 10.0. The lowest BCUT2D eigenvalue weighted by Crippen LogP contribution is -2.52. The molecular formula is C21H18FN3O2S. The van der Waals surface area contributed by atoms with Gasteiger partial charge in [0.1, 0.15) is 21.7 Å². The normalized spacial score (nSPS) is 16.7. The molecule has 0 saturated carbocycles. The number of carbonyl (C=O) groups is 2. The van der Waals surface area contributed by atoms with Crippen LogP contribution in [0.3, 0.4) is 0 Å². The van der Waals surface area contributed by atoms with E-state index in [1.807, 2.05) is 30.3 Å². The first-order chi connectivity index (χ1) is 13.5. The fraction of sp³-hybridized carbons (Fsp3) is 0.190. The molecule has 2 heterocycles. The molecule has 1 aliphatic rings. The first-order valence-corrected chi connectivity index (χ1v) is 9.73. The van der Waals surface area contributed by atoms with Gasteiger partial charge in [-0.3, -0.25) is 9.59 Å². The number of halogens is 1. The minimum absolute atomic E-state index is 0.188. The molecule has 142 valence electrons. The molecule has 4 rings (SSSR count). The zero-order valence-corrected chi connectivity index (χ0v) is 16.0. The van der Waals surface area contributed by atoms with E-state index in [2.05, 4.69) is 10.3 Å². The molecule has 5 nitrogen and oxygen atoms in total. The van der Waals surface area contributed by atoms with Crippen LogP contribution in [0, 0.1) is 12.7 Å². The number of carbonyl (C=O) groups excluding carboxylic acids is 2. The molecule has 1 fully saturated rings. The van der Waals surface area contributed by atoms with Gasteiger partial charge in [-0.2, -0.15) is 0 Å². The van der Waals surface area contributed by atoms with Crippen molar-refractivity contribution in [1.29, 1.82) is 0 Å². The molecule has 3 aromatic rings. The summed E-state index contributed by atoms with van der Waals surface area (Å²) in [5, 5.41) is 3.49. The number of hydrogen-bond donors (Lipinski definition) is 1. The van der Waals surface area contributed by atoms with Crippen LogP contribution >= 0.6 is 11.3 Å². The number of amides is 2. The molecule has 1 aromatic heterocycles. The van der Waals surface area contributed by atoms with Gasteiger partial charge in [0.2, 0.25) is 5.91 Å². The van der Waals surface area contributed by atoms with Crippen molar-refractivity contribution in [1.82, 2.24) is 15.2 Å². The maximum absolute atomic E-state index is 13.3. The van der Waals surface area contributed by atoms with E-state index in [1.165, 1.54) is 23.5 Å². The van der Waals surface area contributed by atoms with Gasteiger partial charge in [-0.15, -0.1) is 11.3 Å². The molecule has 1 atom stereocenters. The van der Waals surface area contributed by atoms with Gasteiger partial charge in [0.05, 0.1) is 5.69 Å². The zero-order chi connectivity index (χ0) is 19.7. The van der Waals surface area contributed by atoms with Gasteiger partial charge in [0, 0.05) is 18.7 Å². The van der Waals surface area contributed by atoms with Crippen LogP contribution < -0.4 is 5.32 Å². The van der Waals surface area contributed by atoms with E-state index in [4.69, 9.17) is 0 Å². The third kappa shape index (κ3) is 3.41. The maximum atomic E-state index is 13.3. The number of nitrogens with one attached hydrogen (secondary N) is 1. The van der Waals surface area contributed by atoms with Gasteiger partial charge in [-0.05, 0) is 36.8 Å². The van der Waals surface area contributed by atoms with Gasteiger partial charge in [-0.25, -0.2) is 9.37 Å². The summed E-state index contributed by atoms with van der Waals surface area (Å²) < 4.78 is 13.2. The molecule has 1 aliphatic heterocycles. The average Bonchev–Trinajstić information content (AvgIpc) is 3.10. The quantitative estimate of drug-likeness (QED) is 0.738. The van der Waals surface area contributed by atoms with Crippen molar-refractivity contribution in [2.24, 2.45) is 0 Å². The van der Waals surface area contributed by atoms with Crippen molar-refractivity contribution < 1.29 is 14.0 Å². The molecule has 0 radical (unpaired) electrons. The Bertz CT molecular complexity index is 1020. The van der Waals surface area contributed by atoms with Crippen LogP contribution in [0.2, 0.25) is 0 Å². The fourth-order valence-corrected chi connectivity index (χ4v) is 4.32. The molecule has 2 aromatic carbocycles. The van der Waals surface area contributed by atoms with E-state index in [0.717, 1.165) is 11.1 Å². The van der Waals surface area contributed by atoms with Crippen molar-refractivity contribution in [2.75, 3.05) is 13.1 Å². The van der Waals surface area contributed by atoms with Gasteiger partial charge >= 0.3 is 0 Å². The van der Waals surface area contributed by atoms with E-state index in [0.29, 0.717) is 28.7 Å². The van der Waals surface area contributed by atoms with Gasteiger partial charge in [0.15, 0.2) is 0 Å². The van der Waals surface area contributed by atoms with E-state index in [1.54, 1.807) is 24.0 Å². The molecule has 0 bridgehead atoms. The van der Waals surface area contributed by atoms with E-state index in [9.17, 15) is 14.0 Å². The molecule has 1 saturated heterocycles. The van der Waals surface area contributed by atoms with E-state index < -0.39 is 6.04 Å². The SMILES string of the molecule is Cc1nc(-c2ccc(F)cc2)sc1C(=O)N1CCNC(=O)[C@H]1c1ccccc1. The third-order valence-corrected chi connectivity index (χ3v) is 5.86. The molecule has 0 spiro atoms. The molecule has 2 amide bonds. The van der Waals surface area contributed by atoms with E-state index >= 15 is 0 Å². The minimum atomic E-state index is -0.668. The van der Waals surface area contributed by atoms with Crippen LogP contribution in [-0.2, 0) is 4.79 Å². The number of piperazine rings is 1. The Balaban J connectivity index is 1.68. The largest absolute Gasteiger partial charge is 0.352 e. The highest BCUT2D eigenvalue weighted by Gasteiger charge is 2.36. The number of thiazole rings is 1. The summed E-state index contributed by atoms with van der Waals surface area (Å²) in [5.41, 5.74) is 2.13. The Morgan fingerprint density at radius 3 is 2.61 bits per heavy atom. The summed E-state index contributed by atoms with van der Waals surface area (Å²) >= 11 is 1.26. The van der Waals surface area contributed by atoms with Crippen molar-refractivity contribution in [3.8, 4) is 10.6 Å². The average molecular weight is 395 g/mol. The highest BCUT2D eigenvalue weighted by atomic mass is 32.1. The number of aromatic nitrogens is 1. The molecule has 0 aliphatic carbocycles. The molecular weight excluding hydrogens is 377 g/mol. The number of benzene rings is 2. The van der Waals surface area contributed by atoms with Crippen molar-refractivity contribution in [3.63, 3.8) is 0 Å². The van der Waals surface area contributed by atoms with Crippen molar-refractivity contribution >= 4 is 23.2 Å². The van der Waals surface area contributed by atoms with Gasteiger partial charge < -0.3 is 10.2 Å². The minimum Gasteiger partial charge on any atom is -0.352 e. The van der Waals surface area contributed by atoms with Gasteiger partial charge in [0.25, 0.3) is 5.91 Å². The van der Waals surface area contributed by atoms with Crippen molar-refractivity contribution in [3.05, 3.63) is 76.5 Å². The summed E-state index contributed by atoms with van der Waals surface area (Å²) in [4.78, 5) is 32.4. The first-order valence-electron chi connectivity index (χ1n) is 8.91. The fourth-order valence-electron chi connectivity index (χ4n) is 3.29. The smallest absolute Gasteiger partial charge is 0.266 e. The third-order valence-electron chi connectivity index (χ3n) is 4.67. The lowest BCUT2D eigenvalue weighted by molar-refractivity contribution is -0.128. The second-order valence-corrected chi connectivity index (χ2v) is 7.54. The standard InChI is InChI=1S/C21H18FN3O2S/c1-13-18(28-20(24-13)15-7-9-16(22)10-8-15)21(27)25-12-11-23-19(26)17(25)14-5-3-2-4-6-14/h2-10,17H,11-12H2,1H3,(H,23,26)/t17-/m1/s1. The van der Waals surface area contributed by atoms with Gasteiger partial charge in [-0.1, -0.05) is 30.3 Å². The lowest BCUT2D eigenvalue weighted by Gasteiger charge is -2.35. The Labute approximate surface area is 165 Å². The van der Waals surface area contributed by atoms with Crippen molar-refractivity contribution in [2.45, 2.75) is 13.0 Å². The van der Waals surface area contributed by atoms with Crippen LogP contribution in [0.5, 0.6) is 0 Å². The topological polar surface area (TPSA) is 62.3 Å². The number of hydrogen-bond acceptors (Lipinski definition) is 4. The van der Waals surface area contributed by atoms with Crippen LogP contribution in [0.1, 0.15) is 27.0 Å². The number of aryl methyl sites for hydroxylation is 1. The van der Waals surface area contributed by atoms with E-state index in [-0.39, 0.29) is 17.6 Å². The summed E-state index contributed by atoms with van der Waals surface area (Å²) in [6.45, 7) is 2.61. The second-order valence-electron chi connectivity index (χ2n) is 6.54. The number of nitrogens with zero attached hydrogens (tertiary/aromatic N) is 2. The van der Waals surface area contributed by atoms with Crippen LogP contribution in [0.25, 0.3) is 10.6 Å². The van der Waals surface area contributed by atoms with Crippen LogP contribution in [0.15, 0.2) is 54.6 Å². The zero-order valence-electron chi connectivity index (χ0n) is 15.2. The van der Waals surface area contributed by atoms with Crippen LogP contribution in [-0.4, -0.2) is 34.8 Å². The first kappa shape index (κ1) is 18.3. The summed E-state index contributed by atoms with van der Waals surface area (Å²) in [6, 6.07) is 14.6. The highest BCUT2D eigenvalue weighted by Crippen LogP contribution is 2.32. The molecule has 0 unspecified atom stereocenters. The van der Waals surface area contributed by atoms with Crippen LogP contribution in [0.4, 0.5) is 4.39 Å². The Kier molecular flexibility index (Phi) is 4.92. The number of rotatable bonds is 3. The summed E-state index contributed by atoms with van der Waals surface area (Å²) in [5.74, 6) is -0.725. The molecule has 7 heteroatoms. The Morgan fingerprint density at radius 1 is 1.18 bits per heavy atom. The maximum Gasteiger partial charge on any atom is 0.266 e. The summed E-state index contributed by atoms with van der Waals surface area (Å²) in [7, 11) is 0. The summed E-state index contributed by atoms with van der Waals surface area (Å²) in [6.07, 6.45) is 0. The molecule has 1 N–H and O–H groups in total. The second kappa shape index (κ2) is 7.52. The Morgan fingerprint density at radius 2 is 1.89 bits per heavy atom.